The number of hydrogen-bond acceptors (Lipinski definition) is 1. The van der Waals surface area contributed by atoms with E-state index in [1.165, 1.54) is 7.05 Å². The molecule has 2 aromatic rings. The summed E-state index contributed by atoms with van der Waals surface area (Å²) in [7, 11) is 3.00. The molecule has 0 aliphatic heterocycles. The maximum absolute atomic E-state index is 12.6. The fourth-order valence-corrected chi connectivity index (χ4v) is 2.11. The van der Waals surface area contributed by atoms with Gasteiger partial charge in [0.15, 0.2) is 0 Å². The van der Waals surface area contributed by atoms with Crippen LogP contribution in [0.4, 0.5) is 13.2 Å². The van der Waals surface area contributed by atoms with Crippen molar-refractivity contribution in [2.45, 2.75) is 6.18 Å². The summed E-state index contributed by atoms with van der Waals surface area (Å²) >= 11 is 3.23. The van der Waals surface area contributed by atoms with Gasteiger partial charge in [-0.1, -0.05) is 0 Å². The first-order chi connectivity index (χ1) is 7.30. The number of halogens is 4. The van der Waals surface area contributed by atoms with Crippen molar-refractivity contribution in [2.75, 3.05) is 0 Å². The third-order valence-corrected chi connectivity index (χ3v) is 2.73. The summed E-state index contributed by atoms with van der Waals surface area (Å²) in [5.41, 5.74) is 0.738. The molecule has 0 fully saturated rings. The van der Waals surface area contributed by atoms with Crippen LogP contribution >= 0.6 is 15.9 Å². The van der Waals surface area contributed by atoms with Crippen molar-refractivity contribution in [2.24, 2.45) is 14.1 Å². The van der Waals surface area contributed by atoms with E-state index in [1.54, 1.807) is 23.9 Å². The number of hydrogen-bond donors (Lipinski definition) is 0. The zero-order valence-electron chi connectivity index (χ0n) is 8.51. The molecule has 2 aromatic heterocycles. The van der Waals surface area contributed by atoms with Crippen molar-refractivity contribution in [1.29, 1.82) is 0 Å². The average Bonchev–Trinajstić information content (AvgIpc) is 2.43. The number of alkyl halides is 3. The lowest BCUT2D eigenvalue weighted by Gasteiger charge is -2.01. The van der Waals surface area contributed by atoms with E-state index in [0.29, 0.717) is 15.6 Å². The maximum Gasteiger partial charge on any atom is 0.475 e. The zero-order chi connectivity index (χ0) is 12.1. The van der Waals surface area contributed by atoms with Crippen LogP contribution in [0.25, 0.3) is 11.2 Å². The van der Waals surface area contributed by atoms with E-state index < -0.39 is 12.0 Å². The van der Waals surface area contributed by atoms with Gasteiger partial charge in [0, 0.05) is 7.05 Å². The summed E-state index contributed by atoms with van der Waals surface area (Å²) in [6.45, 7) is 0. The lowest BCUT2D eigenvalue weighted by atomic mass is 10.4. The van der Waals surface area contributed by atoms with E-state index in [1.807, 2.05) is 0 Å². The molecule has 0 spiro atoms. The summed E-state index contributed by atoms with van der Waals surface area (Å²) in [6, 6.07) is 1.61. The Bertz CT molecular complexity index is 559. The van der Waals surface area contributed by atoms with Gasteiger partial charge < -0.3 is 0 Å². The highest BCUT2D eigenvalue weighted by molar-refractivity contribution is 9.10. The lowest BCUT2D eigenvalue weighted by molar-refractivity contribution is -0.647. The number of imidazole rings is 1. The Balaban J connectivity index is 2.83. The molecule has 2 heterocycles. The van der Waals surface area contributed by atoms with Crippen molar-refractivity contribution < 1.29 is 17.7 Å². The van der Waals surface area contributed by atoms with Crippen LogP contribution in [-0.4, -0.2) is 9.55 Å². The van der Waals surface area contributed by atoms with Crippen molar-refractivity contribution >= 4 is 27.1 Å². The average molecular weight is 295 g/mol. The van der Waals surface area contributed by atoms with Gasteiger partial charge >= 0.3 is 17.6 Å². The molecule has 0 aliphatic carbocycles. The van der Waals surface area contributed by atoms with Crippen LogP contribution in [0.5, 0.6) is 0 Å². The highest BCUT2D eigenvalue weighted by Gasteiger charge is 2.42. The Morgan fingerprint density at radius 1 is 1.44 bits per heavy atom. The second-order valence-electron chi connectivity index (χ2n) is 3.47. The first kappa shape index (κ1) is 11.4. The fraction of sp³-hybridized carbons (Fsp3) is 0.333. The van der Waals surface area contributed by atoms with Crippen LogP contribution in [0, 0.1) is 0 Å². The van der Waals surface area contributed by atoms with Gasteiger partial charge in [-0.2, -0.15) is 13.2 Å². The SMILES string of the molecule is Cn1c(C(F)(F)F)nc2c1cc(Br)c[n+]2C. The Morgan fingerprint density at radius 2 is 2.06 bits per heavy atom. The summed E-state index contributed by atoms with van der Waals surface area (Å²) in [6.07, 6.45) is -2.78. The van der Waals surface area contributed by atoms with Gasteiger partial charge in [0.1, 0.15) is 11.7 Å². The fourth-order valence-electron chi connectivity index (χ4n) is 1.59. The summed E-state index contributed by atoms with van der Waals surface area (Å²) in [4.78, 5) is 3.60. The largest absolute Gasteiger partial charge is 0.475 e. The molecule has 0 unspecified atom stereocenters. The third-order valence-electron chi connectivity index (χ3n) is 2.30. The van der Waals surface area contributed by atoms with Gasteiger partial charge in [0.2, 0.25) is 0 Å². The van der Waals surface area contributed by atoms with E-state index in [4.69, 9.17) is 0 Å². The smallest absolute Gasteiger partial charge is 0.297 e. The van der Waals surface area contributed by atoms with Gasteiger partial charge in [-0.15, -0.1) is 0 Å². The number of rotatable bonds is 0. The number of aryl methyl sites for hydroxylation is 2. The quantitative estimate of drug-likeness (QED) is 0.683. The minimum absolute atomic E-state index is 0.304. The zero-order valence-corrected chi connectivity index (χ0v) is 10.1. The summed E-state index contributed by atoms with van der Waals surface area (Å²) < 4.78 is 41.1. The van der Waals surface area contributed by atoms with E-state index in [2.05, 4.69) is 20.9 Å². The molecule has 0 aliphatic rings. The molecule has 0 saturated carbocycles. The van der Waals surface area contributed by atoms with Crippen molar-refractivity contribution in [1.82, 2.24) is 9.55 Å². The molecule has 0 saturated heterocycles. The molecule has 86 valence electrons. The second kappa shape index (κ2) is 3.44. The van der Waals surface area contributed by atoms with Crippen LogP contribution in [-0.2, 0) is 20.3 Å². The molecular formula is C9H8BrF3N3+. The van der Waals surface area contributed by atoms with Gasteiger partial charge in [-0.25, -0.2) is 4.57 Å². The van der Waals surface area contributed by atoms with Crippen molar-refractivity contribution in [3.05, 3.63) is 22.6 Å². The molecule has 3 nitrogen and oxygen atoms in total. The summed E-state index contributed by atoms with van der Waals surface area (Å²) in [5, 5.41) is 0. The second-order valence-corrected chi connectivity index (χ2v) is 4.39. The summed E-state index contributed by atoms with van der Waals surface area (Å²) in [5.74, 6) is -0.892. The van der Waals surface area contributed by atoms with Crippen LogP contribution in [0.3, 0.4) is 0 Å². The van der Waals surface area contributed by atoms with Gasteiger partial charge in [-0.05, 0) is 27.0 Å². The third kappa shape index (κ3) is 1.68. The normalized spacial score (nSPS) is 12.4. The van der Waals surface area contributed by atoms with E-state index in [9.17, 15) is 13.2 Å². The van der Waals surface area contributed by atoms with E-state index in [0.717, 1.165) is 4.57 Å². The Morgan fingerprint density at radius 3 is 2.62 bits per heavy atom. The first-order valence-corrected chi connectivity index (χ1v) is 5.19. The minimum Gasteiger partial charge on any atom is -0.297 e. The molecule has 0 radical (unpaired) electrons. The Labute approximate surface area is 97.6 Å². The number of nitrogens with zero attached hydrogens (tertiary/aromatic N) is 3. The molecular weight excluding hydrogens is 287 g/mol. The number of aromatic nitrogens is 3. The van der Waals surface area contributed by atoms with Gasteiger partial charge in [-0.3, -0.25) is 4.57 Å². The van der Waals surface area contributed by atoms with E-state index in [-0.39, 0.29) is 0 Å². The molecule has 0 aromatic carbocycles. The standard InChI is InChI=1S/C9H8BrF3N3/c1-15-4-5(10)3-6-7(15)14-8(16(6)2)9(11,12)13/h3-4H,1-2H3/q+1. The molecule has 2 rings (SSSR count). The molecule has 0 atom stereocenters. The predicted molar refractivity (Wildman–Crippen MR) is 54.6 cm³/mol. The monoisotopic (exact) mass is 294 g/mol. The van der Waals surface area contributed by atoms with Crippen LogP contribution in [0.1, 0.15) is 5.82 Å². The highest BCUT2D eigenvalue weighted by Crippen LogP contribution is 2.30. The minimum atomic E-state index is -4.44. The van der Waals surface area contributed by atoms with Crippen molar-refractivity contribution in [3.63, 3.8) is 0 Å². The first-order valence-electron chi connectivity index (χ1n) is 4.39. The van der Waals surface area contributed by atoms with Gasteiger partial charge in [0.25, 0.3) is 0 Å². The topological polar surface area (TPSA) is 21.7 Å². The molecule has 0 amide bonds. The Hall–Kier alpha value is -1.11. The molecule has 16 heavy (non-hydrogen) atoms. The van der Waals surface area contributed by atoms with Crippen LogP contribution in [0.2, 0.25) is 0 Å². The van der Waals surface area contributed by atoms with Crippen LogP contribution in [0.15, 0.2) is 16.7 Å². The predicted octanol–water partition coefficient (Wildman–Crippen LogP) is 2.18. The molecule has 7 heteroatoms. The van der Waals surface area contributed by atoms with Gasteiger partial charge in [0.05, 0.1) is 11.5 Å². The lowest BCUT2D eigenvalue weighted by Crippen LogP contribution is -2.28. The maximum atomic E-state index is 12.6. The molecule has 0 N–H and O–H groups in total. The van der Waals surface area contributed by atoms with E-state index >= 15 is 0 Å². The highest BCUT2D eigenvalue weighted by atomic mass is 79.9. The van der Waals surface area contributed by atoms with Crippen molar-refractivity contribution in [3.8, 4) is 0 Å². The number of pyridine rings is 1. The van der Waals surface area contributed by atoms with Crippen LogP contribution < -0.4 is 4.57 Å². The number of fused-ring (bicyclic) bond motifs is 1. The Kier molecular flexibility index (Phi) is 2.45. The molecule has 0 bridgehead atoms.